The van der Waals surface area contributed by atoms with E-state index in [1.807, 2.05) is 36.2 Å². The van der Waals surface area contributed by atoms with Crippen LogP contribution in [0.1, 0.15) is 0 Å². The molecule has 0 fully saturated rings. The summed E-state index contributed by atoms with van der Waals surface area (Å²) in [5.41, 5.74) is 7.81. The molecule has 106 valence electrons. The van der Waals surface area contributed by atoms with Gasteiger partial charge in [0.1, 0.15) is 5.75 Å². The average molecular weight is 276 g/mol. The maximum atomic E-state index is 13.6. The highest BCUT2D eigenvalue weighted by atomic mass is 19.1. The lowest BCUT2D eigenvalue weighted by atomic mass is 10.2. The van der Waals surface area contributed by atoms with Crippen LogP contribution in [0.4, 0.5) is 21.5 Å². The number of methoxy groups -OCH3 is 2. The monoisotopic (exact) mass is 276 g/mol. The molecule has 2 N–H and O–H groups in total. The first-order valence-corrected chi connectivity index (χ1v) is 6.07. The first kappa shape index (κ1) is 14.0. The van der Waals surface area contributed by atoms with E-state index in [1.165, 1.54) is 13.2 Å². The quantitative estimate of drug-likeness (QED) is 0.871. The zero-order chi connectivity index (χ0) is 14.7. The van der Waals surface area contributed by atoms with Crippen LogP contribution >= 0.6 is 0 Å². The Morgan fingerprint density at radius 2 is 1.70 bits per heavy atom. The Hall–Kier alpha value is -2.43. The SMILES string of the molecule is COc1ccc(N(C)c2cc(OC)c(F)cc2N)cc1. The summed E-state index contributed by atoms with van der Waals surface area (Å²) in [6.45, 7) is 0. The van der Waals surface area contributed by atoms with Gasteiger partial charge >= 0.3 is 0 Å². The highest BCUT2D eigenvalue weighted by molar-refractivity contribution is 5.76. The first-order chi connectivity index (χ1) is 9.56. The van der Waals surface area contributed by atoms with E-state index in [0.29, 0.717) is 11.4 Å². The van der Waals surface area contributed by atoms with E-state index >= 15 is 0 Å². The molecule has 0 amide bonds. The van der Waals surface area contributed by atoms with Gasteiger partial charge in [-0.3, -0.25) is 0 Å². The zero-order valence-electron chi connectivity index (χ0n) is 11.7. The van der Waals surface area contributed by atoms with Crippen molar-refractivity contribution in [2.24, 2.45) is 0 Å². The molecule has 20 heavy (non-hydrogen) atoms. The topological polar surface area (TPSA) is 47.7 Å². The Morgan fingerprint density at radius 1 is 1.05 bits per heavy atom. The van der Waals surface area contributed by atoms with E-state index in [9.17, 15) is 4.39 Å². The Bertz CT molecular complexity index is 600. The lowest BCUT2D eigenvalue weighted by molar-refractivity contribution is 0.387. The van der Waals surface area contributed by atoms with Crippen LogP contribution in [0.15, 0.2) is 36.4 Å². The van der Waals surface area contributed by atoms with Crippen LogP contribution in [0.5, 0.6) is 11.5 Å². The Labute approximate surface area is 117 Å². The summed E-state index contributed by atoms with van der Waals surface area (Å²) in [6, 6.07) is 10.3. The minimum atomic E-state index is -0.475. The molecule has 0 atom stereocenters. The number of nitrogen functional groups attached to an aromatic ring is 1. The van der Waals surface area contributed by atoms with Crippen LogP contribution in [0.2, 0.25) is 0 Å². The van der Waals surface area contributed by atoms with Gasteiger partial charge in [-0.1, -0.05) is 0 Å². The molecule has 2 aromatic rings. The second-order valence-corrected chi connectivity index (χ2v) is 4.30. The van der Waals surface area contributed by atoms with Crippen LogP contribution in [0, 0.1) is 5.82 Å². The van der Waals surface area contributed by atoms with Crippen LogP contribution in [-0.2, 0) is 0 Å². The van der Waals surface area contributed by atoms with Crippen molar-refractivity contribution in [3.63, 3.8) is 0 Å². The molecule has 0 unspecified atom stereocenters. The van der Waals surface area contributed by atoms with E-state index in [4.69, 9.17) is 15.2 Å². The van der Waals surface area contributed by atoms with Gasteiger partial charge in [-0.05, 0) is 24.3 Å². The third kappa shape index (κ3) is 2.61. The van der Waals surface area contributed by atoms with Crippen LogP contribution < -0.4 is 20.1 Å². The molecular weight excluding hydrogens is 259 g/mol. The largest absolute Gasteiger partial charge is 0.497 e. The van der Waals surface area contributed by atoms with Gasteiger partial charge in [0.15, 0.2) is 11.6 Å². The maximum Gasteiger partial charge on any atom is 0.167 e. The normalized spacial score (nSPS) is 10.2. The minimum Gasteiger partial charge on any atom is -0.497 e. The van der Waals surface area contributed by atoms with Gasteiger partial charge in [-0.15, -0.1) is 0 Å². The van der Waals surface area contributed by atoms with Gasteiger partial charge in [0, 0.05) is 24.9 Å². The van der Waals surface area contributed by atoms with Crippen molar-refractivity contribution in [1.82, 2.24) is 0 Å². The zero-order valence-corrected chi connectivity index (χ0v) is 11.7. The molecule has 4 nitrogen and oxygen atoms in total. The fourth-order valence-corrected chi connectivity index (χ4v) is 1.95. The number of halogens is 1. The van der Waals surface area contributed by atoms with E-state index in [1.54, 1.807) is 13.2 Å². The Kier molecular flexibility index (Phi) is 3.98. The van der Waals surface area contributed by atoms with Crippen LogP contribution in [-0.4, -0.2) is 21.3 Å². The highest BCUT2D eigenvalue weighted by Gasteiger charge is 2.13. The van der Waals surface area contributed by atoms with Gasteiger partial charge < -0.3 is 20.1 Å². The molecule has 0 saturated heterocycles. The number of nitrogens with zero attached hydrogens (tertiary/aromatic N) is 1. The number of rotatable bonds is 4. The molecule has 0 aliphatic heterocycles. The number of benzene rings is 2. The molecule has 0 aromatic heterocycles. The van der Waals surface area contributed by atoms with E-state index in [2.05, 4.69) is 0 Å². The summed E-state index contributed by atoms with van der Waals surface area (Å²) >= 11 is 0. The summed E-state index contributed by atoms with van der Waals surface area (Å²) in [6.07, 6.45) is 0. The van der Waals surface area contributed by atoms with Gasteiger partial charge in [-0.25, -0.2) is 4.39 Å². The van der Waals surface area contributed by atoms with Gasteiger partial charge in [0.2, 0.25) is 0 Å². The Morgan fingerprint density at radius 3 is 2.25 bits per heavy atom. The molecule has 0 heterocycles. The fourth-order valence-electron chi connectivity index (χ4n) is 1.95. The van der Waals surface area contributed by atoms with Crippen molar-refractivity contribution < 1.29 is 13.9 Å². The number of ether oxygens (including phenoxy) is 2. The number of hydrogen-bond donors (Lipinski definition) is 1. The lowest BCUT2D eigenvalue weighted by Crippen LogP contribution is -2.12. The summed E-state index contributed by atoms with van der Waals surface area (Å²) in [5.74, 6) is 0.457. The first-order valence-electron chi connectivity index (χ1n) is 6.07. The Balaban J connectivity index is 2.38. The van der Waals surface area contributed by atoms with E-state index in [0.717, 1.165) is 11.4 Å². The van der Waals surface area contributed by atoms with E-state index < -0.39 is 5.82 Å². The number of hydrogen-bond acceptors (Lipinski definition) is 4. The predicted molar refractivity (Wildman–Crippen MR) is 78.4 cm³/mol. The summed E-state index contributed by atoms with van der Waals surface area (Å²) in [5, 5.41) is 0. The van der Waals surface area contributed by atoms with Crippen molar-refractivity contribution in [2.75, 3.05) is 31.9 Å². The molecule has 0 aliphatic carbocycles. The lowest BCUT2D eigenvalue weighted by Gasteiger charge is -2.22. The summed E-state index contributed by atoms with van der Waals surface area (Å²) in [4.78, 5) is 1.86. The fraction of sp³-hybridized carbons (Fsp3) is 0.200. The molecule has 5 heteroatoms. The average Bonchev–Trinajstić information content (AvgIpc) is 2.47. The molecule has 0 spiro atoms. The highest BCUT2D eigenvalue weighted by Crippen LogP contribution is 2.34. The second-order valence-electron chi connectivity index (χ2n) is 4.30. The molecule has 0 radical (unpaired) electrons. The van der Waals surface area contributed by atoms with E-state index in [-0.39, 0.29) is 5.75 Å². The third-order valence-electron chi connectivity index (χ3n) is 3.12. The maximum absolute atomic E-state index is 13.6. The van der Waals surface area contributed by atoms with Crippen LogP contribution in [0.25, 0.3) is 0 Å². The van der Waals surface area contributed by atoms with Gasteiger partial charge in [0.25, 0.3) is 0 Å². The van der Waals surface area contributed by atoms with Gasteiger partial charge in [0.05, 0.1) is 25.6 Å². The standard InChI is InChI=1S/C15H17FN2O2/c1-18(10-4-6-11(19-2)7-5-10)14-9-15(20-3)12(16)8-13(14)17/h4-9H,17H2,1-3H3. The van der Waals surface area contributed by atoms with Crippen molar-refractivity contribution in [1.29, 1.82) is 0 Å². The van der Waals surface area contributed by atoms with Crippen LogP contribution in [0.3, 0.4) is 0 Å². The van der Waals surface area contributed by atoms with Crippen molar-refractivity contribution in [3.8, 4) is 11.5 Å². The molecule has 0 bridgehead atoms. The summed E-state index contributed by atoms with van der Waals surface area (Å²) < 4.78 is 23.7. The van der Waals surface area contributed by atoms with Crippen molar-refractivity contribution in [2.45, 2.75) is 0 Å². The third-order valence-corrected chi connectivity index (χ3v) is 3.12. The molecule has 0 aliphatic rings. The minimum absolute atomic E-state index is 0.162. The van der Waals surface area contributed by atoms with Gasteiger partial charge in [-0.2, -0.15) is 0 Å². The smallest absolute Gasteiger partial charge is 0.167 e. The number of nitrogens with two attached hydrogens (primary N) is 1. The van der Waals surface area contributed by atoms with Crippen molar-refractivity contribution >= 4 is 17.1 Å². The molecular formula is C15H17FN2O2. The predicted octanol–water partition coefficient (Wildman–Crippen LogP) is 3.19. The summed E-state index contributed by atoms with van der Waals surface area (Å²) in [7, 11) is 4.89. The molecule has 2 aromatic carbocycles. The molecule has 2 rings (SSSR count). The second kappa shape index (κ2) is 5.69. The molecule has 0 saturated carbocycles. The number of anilines is 3. The van der Waals surface area contributed by atoms with Crippen molar-refractivity contribution in [3.05, 3.63) is 42.2 Å².